The molecule has 0 aromatic heterocycles. The molecule has 0 aliphatic carbocycles. The maximum absolute atomic E-state index is 11.9. The minimum absolute atomic E-state index is 0.00368. The highest BCUT2D eigenvalue weighted by molar-refractivity contribution is 6.40. The number of Topliss-reactive ketones (excluding diaryl/α,β-unsaturated/α-hetero) is 1. The first kappa shape index (κ1) is 51.1. The van der Waals surface area contributed by atoms with E-state index in [1.165, 1.54) is 44.1 Å². The van der Waals surface area contributed by atoms with Gasteiger partial charge in [-0.3, -0.25) is 4.79 Å². The van der Waals surface area contributed by atoms with Crippen molar-refractivity contribution in [3.05, 3.63) is 65.7 Å². The molecule has 0 bridgehead atoms. The van der Waals surface area contributed by atoms with Crippen molar-refractivity contribution < 1.29 is 66.4 Å². The van der Waals surface area contributed by atoms with Crippen LogP contribution in [0.5, 0.6) is 5.75 Å². The molecular formula is C44H70O14. The van der Waals surface area contributed by atoms with Gasteiger partial charge in [0.1, 0.15) is 19.0 Å². The number of benzene rings is 2. The summed E-state index contributed by atoms with van der Waals surface area (Å²) in [6, 6.07) is 16.7. The molecule has 0 amide bonds. The summed E-state index contributed by atoms with van der Waals surface area (Å²) in [4.78, 5) is 23.7. The molecule has 0 radical (unpaired) electrons. The van der Waals surface area contributed by atoms with Crippen molar-refractivity contribution in [2.75, 3.05) is 145 Å². The minimum Gasteiger partial charge on any atom is -0.491 e. The quantitative estimate of drug-likeness (QED) is 0.0356. The van der Waals surface area contributed by atoms with E-state index < -0.39 is 11.8 Å². The smallest absolute Gasteiger partial charge is 0.379 e. The van der Waals surface area contributed by atoms with Gasteiger partial charge in [0.2, 0.25) is 0 Å². The average Bonchev–Trinajstić information content (AvgIpc) is 3.25. The second kappa shape index (κ2) is 39.4. The third-order valence-electron chi connectivity index (χ3n) is 8.27. The fourth-order valence-corrected chi connectivity index (χ4v) is 5.13. The van der Waals surface area contributed by atoms with Gasteiger partial charge in [0.25, 0.3) is 5.78 Å². The Kier molecular flexibility index (Phi) is 34.8. The lowest BCUT2D eigenvalue weighted by molar-refractivity contribution is -0.139. The molecule has 0 aliphatic rings. The van der Waals surface area contributed by atoms with Crippen LogP contribution in [0, 0.1) is 0 Å². The van der Waals surface area contributed by atoms with Crippen LogP contribution in [0.15, 0.2) is 54.6 Å². The van der Waals surface area contributed by atoms with E-state index in [0.717, 1.165) is 12.2 Å². The number of hydrogen-bond donors (Lipinski definition) is 0. The Bertz CT molecular complexity index is 1200. The van der Waals surface area contributed by atoms with Crippen LogP contribution in [0.25, 0.3) is 0 Å². The molecule has 0 aliphatic heterocycles. The van der Waals surface area contributed by atoms with Crippen molar-refractivity contribution >= 4 is 11.8 Å². The fourth-order valence-electron chi connectivity index (χ4n) is 5.13. The maximum atomic E-state index is 11.9. The highest BCUT2D eigenvalue weighted by Gasteiger charge is 2.17. The van der Waals surface area contributed by atoms with Gasteiger partial charge < -0.3 is 56.8 Å². The van der Waals surface area contributed by atoms with Crippen LogP contribution in [-0.2, 0) is 63.3 Å². The van der Waals surface area contributed by atoms with Crippen molar-refractivity contribution in [2.45, 2.75) is 51.9 Å². The van der Waals surface area contributed by atoms with Gasteiger partial charge >= 0.3 is 5.97 Å². The van der Waals surface area contributed by atoms with Gasteiger partial charge in [-0.2, -0.15) is 0 Å². The van der Waals surface area contributed by atoms with Gasteiger partial charge in [-0.05, 0) is 30.5 Å². The van der Waals surface area contributed by atoms with Crippen LogP contribution in [0.3, 0.4) is 0 Å². The van der Waals surface area contributed by atoms with Crippen LogP contribution in [0.2, 0.25) is 0 Å². The molecule has 2 rings (SSSR count). The molecule has 0 spiro atoms. The van der Waals surface area contributed by atoms with Crippen molar-refractivity contribution in [2.24, 2.45) is 0 Å². The van der Waals surface area contributed by atoms with Crippen LogP contribution >= 0.6 is 0 Å². The number of ketones is 1. The van der Waals surface area contributed by atoms with Crippen molar-refractivity contribution in [3.63, 3.8) is 0 Å². The van der Waals surface area contributed by atoms with Gasteiger partial charge in [-0.25, -0.2) is 4.79 Å². The summed E-state index contributed by atoms with van der Waals surface area (Å²) in [5.41, 5.74) is 1.67. The van der Waals surface area contributed by atoms with Crippen LogP contribution in [0.1, 0.15) is 61.4 Å². The molecular weight excluding hydrogens is 752 g/mol. The minimum atomic E-state index is -0.897. The summed E-state index contributed by atoms with van der Waals surface area (Å²) in [6.07, 6.45) is 9.05. The monoisotopic (exact) mass is 822 g/mol. The molecule has 14 heteroatoms. The van der Waals surface area contributed by atoms with E-state index >= 15 is 0 Å². The summed E-state index contributed by atoms with van der Waals surface area (Å²) in [6.45, 7) is 11.9. The SMILES string of the molecule is CCCCCCCCc1ccc(OCCOCCOCCOCCOCCOCCOCCOCCOCCOCCOCCOC(=O)C(=O)c2ccccc2)cc1. The lowest BCUT2D eigenvalue weighted by Gasteiger charge is -2.09. The van der Waals surface area contributed by atoms with Crippen LogP contribution in [-0.4, -0.2) is 157 Å². The Morgan fingerprint density at radius 2 is 0.759 bits per heavy atom. The molecule has 0 heterocycles. The summed E-state index contributed by atoms with van der Waals surface area (Å²) < 4.78 is 65.6. The van der Waals surface area contributed by atoms with Crippen LogP contribution in [0.4, 0.5) is 0 Å². The molecule has 0 N–H and O–H groups in total. The van der Waals surface area contributed by atoms with Gasteiger partial charge in [0.15, 0.2) is 0 Å². The molecule has 0 saturated heterocycles. The predicted octanol–water partition coefficient (Wildman–Crippen LogP) is 5.56. The van der Waals surface area contributed by atoms with Crippen LogP contribution < -0.4 is 4.74 Å². The van der Waals surface area contributed by atoms with E-state index in [2.05, 4.69) is 19.1 Å². The molecule has 0 fully saturated rings. The third-order valence-corrected chi connectivity index (χ3v) is 8.27. The van der Waals surface area contributed by atoms with E-state index in [4.69, 9.17) is 56.8 Å². The maximum Gasteiger partial charge on any atom is 0.379 e. The van der Waals surface area contributed by atoms with E-state index in [-0.39, 0.29) is 13.2 Å². The number of hydrogen-bond acceptors (Lipinski definition) is 14. The lowest BCUT2D eigenvalue weighted by atomic mass is 10.0. The molecule has 14 nitrogen and oxygen atoms in total. The second-order valence-corrected chi connectivity index (χ2v) is 13.0. The zero-order chi connectivity index (χ0) is 41.2. The van der Waals surface area contributed by atoms with Gasteiger partial charge in [-0.1, -0.05) is 81.5 Å². The first-order valence-corrected chi connectivity index (χ1v) is 21.0. The van der Waals surface area contributed by atoms with Crippen molar-refractivity contribution in [1.82, 2.24) is 0 Å². The fraction of sp³-hybridized carbons (Fsp3) is 0.682. The zero-order valence-electron chi connectivity index (χ0n) is 34.9. The Morgan fingerprint density at radius 1 is 0.397 bits per heavy atom. The largest absolute Gasteiger partial charge is 0.491 e. The Morgan fingerprint density at radius 3 is 1.17 bits per heavy atom. The average molecular weight is 823 g/mol. The molecule has 0 saturated carbocycles. The molecule has 0 unspecified atom stereocenters. The zero-order valence-corrected chi connectivity index (χ0v) is 34.9. The molecule has 0 atom stereocenters. The number of esters is 1. The number of aryl methyl sites for hydroxylation is 1. The number of carbonyl (C=O) groups excluding carboxylic acids is 2. The molecule has 58 heavy (non-hydrogen) atoms. The number of carbonyl (C=O) groups is 2. The predicted molar refractivity (Wildman–Crippen MR) is 219 cm³/mol. The standard InChI is InChI=1S/C44H70O14/c1-2-3-4-5-6-8-11-40-14-16-42(17-15-40)57-38-36-55-34-32-53-30-28-51-26-24-49-22-20-47-18-19-48-21-23-50-25-27-52-29-31-54-33-35-56-37-39-58-44(46)43(45)41-12-9-7-10-13-41/h7,9-10,12-17H,2-6,8,11,18-39H2,1H3. The first-order valence-electron chi connectivity index (χ1n) is 21.0. The summed E-state index contributed by atoms with van der Waals surface area (Å²) in [5, 5.41) is 0. The highest BCUT2D eigenvalue weighted by atomic mass is 16.6. The number of ether oxygens (including phenoxy) is 12. The second-order valence-electron chi connectivity index (χ2n) is 13.0. The van der Waals surface area contributed by atoms with E-state index in [9.17, 15) is 9.59 Å². The van der Waals surface area contributed by atoms with Gasteiger partial charge in [0, 0.05) is 5.56 Å². The van der Waals surface area contributed by atoms with E-state index in [1.807, 2.05) is 12.1 Å². The first-order chi connectivity index (χ1) is 28.7. The van der Waals surface area contributed by atoms with E-state index in [0.29, 0.717) is 138 Å². The molecule has 2 aromatic carbocycles. The Balaban J connectivity index is 1.17. The lowest BCUT2D eigenvalue weighted by Crippen LogP contribution is -2.20. The Labute approximate surface area is 346 Å². The number of rotatable bonds is 43. The number of unbranched alkanes of at least 4 members (excludes halogenated alkanes) is 5. The highest BCUT2D eigenvalue weighted by Crippen LogP contribution is 2.15. The van der Waals surface area contributed by atoms with E-state index in [1.54, 1.807) is 30.3 Å². The third kappa shape index (κ3) is 31.0. The summed E-state index contributed by atoms with van der Waals surface area (Å²) >= 11 is 0. The Hall–Kier alpha value is -3.02. The van der Waals surface area contributed by atoms with Gasteiger partial charge in [0.05, 0.1) is 132 Å². The topological polar surface area (TPSA) is 145 Å². The van der Waals surface area contributed by atoms with Gasteiger partial charge in [-0.15, -0.1) is 0 Å². The normalized spacial score (nSPS) is 11.3. The summed E-state index contributed by atoms with van der Waals surface area (Å²) in [5.74, 6) is -0.695. The summed E-state index contributed by atoms with van der Waals surface area (Å²) in [7, 11) is 0. The molecule has 2 aromatic rings. The van der Waals surface area contributed by atoms with Crippen molar-refractivity contribution in [1.29, 1.82) is 0 Å². The molecule has 330 valence electrons. The van der Waals surface area contributed by atoms with Crippen molar-refractivity contribution in [3.8, 4) is 5.75 Å².